The van der Waals surface area contributed by atoms with Gasteiger partial charge in [-0.15, -0.1) is 0 Å². The van der Waals surface area contributed by atoms with Gasteiger partial charge in [-0.2, -0.15) is 17.0 Å². The van der Waals surface area contributed by atoms with E-state index in [9.17, 15) is 13.2 Å². The zero-order valence-electron chi connectivity index (χ0n) is 11.9. The molecule has 1 aromatic heterocycles. The Hall–Kier alpha value is -1.03. The standard InChI is InChI=1S/C12H17BrN4O3S/c1-15(2)21(19,20)17-7-5-16(6-8-17)12(18)11-4-3-10(13)9-14-11/h3-4,9H,5-8H2,1-2H3. The van der Waals surface area contributed by atoms with Crippen molar-refractivity contribution in [3.8, 4) is 0 Å². The van der Waals surface area contributed by atoms with Crippen molar-refractivity contribution in [1.82, 2.24) is 18.5 Å². The summed E-state index contributed by atoms with van der Waals surface area (Å²) in [5.74, 6) is -0.176. The molecule has 0 aromatic carbocycles. The van der Waals surface area contributed by atoms with E-state index in [4.69, 9.17) is 0 Å². The molecule has 2 rings (SSSR count). The van der Waals surface area contributed by atoms with Crippen LogP contribution in [-0.4, -0.2) is 73.1 Å². The first-order valence-corrected chi connectivity index (χ1v) is 8.60. The van der Waals surface area contributed by atoms with Crippen molar-refractivity contribution in [3.05, 3.63) is 28.5 Å². The lowest BCUT2D eigenvalue weighted by Gasteiger charge is -2.34. The van der Waals surface area contributed by atoms with E-state index in [-0.39, 0.29) is 5.91 Å². The van der Waals surface area contributed by atoms with E-state index in [2.05, 4.69) is 20.9 Å². The molecule has 7 nitrogen and oxygen atoms in total. The molecule has 21 heavy (non-hydrogen) atoms. The fourth-order valence-corrected chi connectivity index (χ4v) is 3.34. The van der Waals surface area contributed by atoms with Crippen LogP contribution in [0.3, 0.4) is 0 Å². The highest BCUT2D eigenvalue weighted by Crippen LogP contribution is 2.13. The minimum absolute atomic E-state index is 0.176. The Morgan fingerprint density at radius 3 is 2.33 bits per heavy atom. The largest absolute Gasteiger partial charge is 0.335 e. The summed E-state index contributed by atoms with van der Waals surface area (Å²) in [4.78, 5) is 18.0. The van der Waals surface area contributed by atoms with Gasteiger partial charge in [0, 0.05) is 50.9 Å². The average Bonchev–Trinajstić information content (AvgIpc) is 2.47. The smallest absolute Gasteiger partial charge is 0.281 e. The minimum atomic E-state index is -3.41. The van der Waals surface area contributed by atoms with Gasteiger partial charge < -0.3 is 4.90 Å². The van der Waals surface area contributed by atoms with Gasteiger partial charge in [-0.05, 0) is 28.1 Å². The number of carbonyl (C=O) groups excluding carboxylic acids is 1. The lowest BCUT2D eigenvalue weighted by Crippen LogP contribution is -2.53. The normalized spacial score (nSPS) is 17.2. The topological polar surface area (TPSA) is 73.8 Å². The number of hydrogen-bond acceptors (Lipinski definition) is 4. The summed E-state index contributed by atoms with van der Waals surface area (Å²) in [5, 5.41) is 0. The van der Waals surface area contributed by atoms with E-state index < -0.39 is 10.2 Å². The number of halogens is 1. The first kappa shape index (κ1) is 16.3. The Kier molecular flexibility index (Phi) is 4.97. The van der Waals surface area contributed by atoms with Gasteiger partial charge in [0.2, 0.25) is 0 Å². The number of nitrogens with zero attached hydrogens (tertiary/aromatic N) is 4. The van der Waals surface area contributed by atoms with Crippen molar-refractivity contribution in [2.24, 2.45) is 0 Å². The van der Waals surface area contributed by atoms with Crippen LogP contribution in [0.5, 0.6) is 0 Å². The predicted molar refractivity (Wildman–Crippen MR) is 82.0 cm³/mol. The van der Waals surface area contributed by atoms with Crippen molar-refractivity contribution in [2.45, 2.75) is 0 Å². The number of rotatable bonds is 3. The summed E-state index contributed by atoms with van der Waals surface area (Å²) in [7, 11) is -0.415. The Balaban J connectivity index is 2.01. The van der Waals surface area contributed by atoms with Crippen molar-refractivity contribution in [2.75, 3.05) is 40.3 Å². The van der Waals surface area contributed by atoms with Crippen LogP contribution in [0.4, 0.5) is 0 Å². The molecular weight excluding hydrogens is 360 g/mol. The van der Waals surface area contributed by atoms with E-state index in [0.29, 0.717) is 31.9 Å². The minimum Gasteiger partial charge on any atom is -0.335 e. The summed E-state index contributed by atoms with van der Waals surface area (Å²) in [6.07, 6.45) is 1.57. The maximum absolute atomic E-state index is 12.3. The van der Waals surface area contributed by atoms with Crippen LogP contribution in [0.15, 0.2) is 22.8 Å². The fraction of sp³-hybridized carbons (Fsp3) is 0.500. The second-order valence-corrected chi connectivity index (χ2v) is 7.90. The third-order valence-electron chi connectivity index (χ3n) is 3.26. The third-order valence-corrected chi connectivity index (χ3v) is 5.67. The van der Waals surface area contributed by atoms with Gasteiger partial charge in [0.25, 0.3) is 16.1 Å². The van der Waals surface area contributed by atoms with Crippen LogP contribution in [0.1, 0.15) is 10.5 Å². The number of carbonyl (C=O) groups is 1. The number of hydrogen-bond donors (Lipinski definition) is 0. The third kappa shape index (κ3) is 3.60. The van der Waals surface area contributed by atoms with Crippen molar-refractivity contribution in [1.29, 1.82) is 0 Å². The first-order valence-electron chi connectivity index (χ1n) is 6.41. The summed E-state index contributed by atoms with van der Waals surface area (Å²) in [6.45, 7) is 1.32. The first-order chi connectivity index (χ1) is 9.82. The van der Waals surface area contributed by atoms with Crippen molar-refractivity contribution >= 4 is 32.0 Å². The van der Waals surface area contributed by atoms with Crippen molar-refractivity contribution < 1.29 is 13.2 Å². The SMILES string of the molecule is CN(C)S(=O)(=O)N1CCN(C(=O)c2ccc(Br)cn2)CC1. The summed E-state index contributed by atoms with van der Waals surface area (Å²) >= 11 is 3.27. The van der Waals surface area contributed by atoms with E-state index in [1.807, 2.05) is 0 Å². The summed E-state index contributed by atoms with van der Waals surface area (Å²) < 4.78 is 27.4. The lowest BCUT2D eigenvalue weighted by atomic mass is 10.3. The maximum atomic E-state index is 12.3. The molecule has 1 saturated heterocycles. The highest BCUT2D eigenvalue weighted by Gasteiger charge is 2.30. The molecule has 0 aliphatic carbocycles. The molecule has 0 N–H and O–H groups in total. The highest BCUT2D eigenvalue weighted by molar-refractivity contribution is 9.10. The van der Waals surface area contributed by atoms with Gasteiger partial charge in [0.15, 0.2) is 0 Å². The molecule has 0 saturated carbocycles. The van der Waals surface area contributed by atoms with Gasteiger partial charge in [-0.3, -0.25) is 4.79 Å². The summed E-state index contributed by atoms with van der Waals surface area (Å²) in [5.41, 5.74) is 0.363. The van der Waals surface area contributed by atoms with Crippen LogP contribution < -0.4 is 0 Å². The second kappa shape index (κ2) is 6.39. The number of aromatic nitrogens is 1. The van der Waals surface area contributed by atoms with E-state index in [1.165, 1.54) is 22.7 Å². The molecule has 0 radical (unpaired) electrons. The molecule has 9 heteroatoms. The Morgan fingerprint density at radius 1 is 1.24 bits per heavy atom. The van der Waals surface area contributed by atoms with Crippen LogP contribution in [-0.2, 0) is 10.2 Å². The quantitative estimate of drug-likeness (QED) is 0.765. The van der Waals surface area contributed by atoms with E-state index in [1.54, 1.807) is 23.2 Å². The monoisotopic (exact) mass is 376 g/mol. The molecule has 1 aliphatic heterocycles. The van der Waals surface area contributed by atoms with Crippen LogP contribution >= 0.6 is 15.9 Å². The van der Waals surface area contributed by atoms with Crippen LogP contribution in [0.2, 0.25) is 0 Å². The molecule has 0 unspecified atom stereocenters. The fourth-order valence-electron chi connectivity index (χ4n) is 2.02. The predicted octanol–water partition coefficient (Wildman–Crippen LogP) is 0.408. The molecular formula is C12H17BrN4O3S. The molecule has 0 bridgehead atoms. The Labute approximate surface area is 132 Å². The highest BCUT2D eigenvalue weighted by atomic mass is 79.9. The molecule has 2 heterocycles. The Morgan fingerprint density at radius 2 is 1.86 bits per heavy atom. The van der Waals surface area contributed by atoms with E-state index in [0.717, 1.165) is 4.47 Å². The number of amides is 1. The molecule has 0 spiro atoms. The molecule has 1 aromatic rings. The molecule has 0 atom stereocenters. The molecule has 116 valence electrons. The number of piperazine rings is 1. The average molecular weight is 377 g/mol. The van der Waals surface area contributed by atoms with Gasteiger partial charge >= 0.3 is 0 Å². The van der Waals surface area contributed by atoms with Crippen LogP contribution in [0.25, 0.3) is 0 Å². The zero-order chi connectivity index (χ0) is 15.6. The van der Waals surface area contributed by atoms with Gasteiger partial charge in [-0.1, -0.05) is 0 Å². The number of pyridine rings is 1. The molecule has 1 aliphatic rings. The maximum Gasteiger partial charge on any atom is 0.281 e. The van der Waals surface area contributed by atoms with Gasteiger partial charge in [0.1, 0.15) is 5.69 Å². The summed E-state index contributed by atoms with van der Waals surface area (Å²) in [6, 6.07) is 3.41. The van der Waals surface area contributed by atoms with Crippen LogP contribution in [0, 0.1) is 0 Å². The van der Waals surface area contributed by atoms with E-state index >= 15 is 0 Å². The second-order valence-electron chi connectivity index (χ2n) is 4.84. The van der Waals surface area contributed by atoms with Crippen molar-refractivity contribution in [3.63, 3.8) is 0 Å². The lowest BCUT2D eigenvalue weighted by molar-refractivity contribution is 0.0689. The molecule has 1 fully saturated rings. The molecule has 1 amide bonds. The zero-order valence-corrected chi connectivity index (χ0v) is 14.3. The van der Waals surface area contributed by atoms with Gasteiger partial charge in [-0.25, -0.2) is 4.98 Å². The van der Waals surface area contributed by atoms with Gasteiger partial charge in [0.05, 0.1) is 0 Å². The Bertz CT molecular complexity index is 610.